The lowest BCUT2D eigenvalue weighted by Crippen LogP contribution is -2.00. The number of aromatic nitrogens is 1. The smallest absolute Gasteiger partial charge is 0.0952 e. The van der Waals surface area contributed by atoms with Crippen LogP contribution in [0.4, 0.5) is 5.69 Å². The standard InChI is InChI=1S/C14H18N2OS/c1-11-3-5-12(6-4-11)15-9-13-10-18-14(16-13)7-8-17-2/h3-6,10,15H,7-9H2,1-2H3. The Morgan fingerprint density at radius 2 is 2.06 bits per heavy atom. The molecule has 1 N–H and O–H groups in total. The van der Waals surface area contributed by atoms with E-state index in [-0.39, 0.29) is 0 Å². The summed E-state index contributed by atoms with van der Waals surface area (Å²) in [6.45, 7) is 3.59. The van der Waals surface area contributed by atoms with Crippen LogP contribution in [0, 0.1) is 6.92 Å². The number of nitrogens with zero attached hydrogens (tertiary/aromatic N) is 1. The molecule has 18 heavy (non-hydrogen) atoms. The van der Waals surface area contributed by atoms with Crippen LogP contribution in [0.1, 0.15) is 16.3 Å². The van der Waals surface area contributed by atoms with Gasteiger partial charge in [0.25, 0.3) is 0 Å². The number of hydrogen-bond donors (Lipinski definition) is 1. The van der Waals surface area contributed by atoms with Crippen molar-refractivity contribution in [2.45, 2.75) is 19.9 Å². The molecule has 4 heteroatoms. The molecule has 2 rings (SSSR count). The van der Waals surface area contributed by atoms with Crippen molar-refractivity contribution in [3.8, 4) is 0 Å². The van der Waals surface area contributed by atoms with E-state index in [1.807, 2.05) is 0 Å². The van der Waals surface area contributed by atoms with Gasteiger partial charge in [0.1, 0.15) is 0 Å². The Morgan fingerprint density at radius 1 is 1.28 bits per heavy atom. The quantitative estimate of drug-likeness (QED) is 0.867. The molecular formula is C14H18N2OS. The van der Waals surface area contributed by atoms with Crippen LogP contribution in [-0.2, 0) is 17.7 Å². The predicted molar refractivity (Wildman–Crippen MR) is 76.2 cm³/mol. The van der Waals surface area contributed by atoms with Crippen LogP contribution >= 0.6 is 11.3 Å². The van der Waals surface area contributed by atoms with Crippen LogP contribution in [0.25, 0.3) is 0 Å². The van der Waals surface area contributed by atoms with Gasteiger partial charge in [0.2, 0.25) is 0 Å². The average Bonchev–Trinajstić information content (AvgIpc) is 2.84. The molecule has 0 saturated carbocycles. The van der Waals surface area contributed by atoms with Gasteiger partial charge in [0, 0.05) is 24.6 Å². The third-order valence-corrected chi connectivity index (χ3v) is 3.60. The molecule has 0 aliphatic rings. The molecule has 0 radical (unpaired) electrons. The van der Waals surface area contributed by atoms with Gasteiger partial charge in [-0.1, -0.05) is 17.7 Å². The number of thiazole rings is 1. The van der Waals surface area contributed by atoms with Crippen molar-refractivity contribution in [2.75, 3.05) is 19.0 Å². The number of nitrogens with one attached hydrogen (secondary N) is 1. The van der Waals surface area contributed by atoms with E-state index in [2.05, 4.69) is 46.9 Å². The van der Waals surface area contributed by atoms with Gasteiger partial charge in [-0.15, -0.1) is 11.3 Å². The lowest BCUT2D eigenvalue weighted by molar-refractivity contribution is 0.202. The van der Waals surface area contributed by atoms with Crippen molar-refractivity contribution < 1.29 is 4.74 Å². The molecule has 0 unspecified atom stereocenters. The number of hydrogen-bond acceptors (Lipinski definition) is 4. The van der Waals surface area contributed by atoms with Crippen molar-refractivity contribution in [1.29, 1.82) is 0 Å². The van der Waals surface area contributed by atoms with Crippen molar-refractivity contribution >= 4 is 17.0 Å². The van der Waals surface area contributed by atoms with E-state index in [1.54, 1.807) is 18.4 Å². The second-order valence-corrected chi connectivity index (χ2v) is 5.14. The Morgan fingerprint density at radius 3 is 2.78 bits per heavy atom. The van der Waals surface area contributed by atoms with Gasteiger partial charge >= 0.3 is 0 Å². The summed E-state index contributed by atoms with van der Waals surface area (Å²) in [7, 11) is 1.72. The second-order valence-electron chi connectivity index (χ2n) is 4.19. The summed E-state index contributed by atoms with van der Waals surface area (Å²) in [5, 5.41) is 6.61. The van der Waals surface area contributed by atoms with Gasteiger partial charge in [-0.05, 0) is 19.1 Å². The zero-order valence-electron chi connectivity index (χ0n) is 10.8. The van der Waals surface area contributed by atoms with Gasteiger partial charge < -0.3 is 10.1 Å². The molecule has 0 amide bonds. The fourth-order valence-electron chi connectivity index (χ4n) is 1.60. The average molecular weight is 262 g/mol. The molecule has 2 aromatic rings. The third kappa shape index (κ3) is 3.82. The monoisotopic (exact) mass is 262 g/mol. The van der Waals surface area contributed by atoms with Crippen LogP contribution in [0.3, 0.4) is 0 Å². The summed E-state index contributed by atoms with van der Waals surface area (Å²) < 4.78 is 5.05. The number of aryl methyl sites for hydroxylation is 1. The highest BCUT2D eigenvalue weighted by Crippen LogP contribution is 2.13. The van der Waals surface area contributed by atoms with Gasteiger partial charge in [0.15, 0.2) is 0 Å². The van der Waals surface area contributed by atoms with Gasteiger partial charge in [-0.2, -0.15) is 0 Å². The van der Waals surface area contributed by atoms with E-state index in [0.29, 0.717) is 0 Å². The zero-order chi connectivity index (χ0) is 12.8. The summed E-state index contributed by atoms with van der Waals surface area (Å²) in [4.78, 5) is 4.56. The minimum atomic E-state index is 0.734. The summed E-state index contributed by atoms with van der Waals surface area (Å²) in [6.07, 6.45) is 0.895. The molecule has 0 spiro atoms. The minimum Gasteiger partial charge on any atom is -0.384 e. The van der Waals surface area contributed by atoms with Crippen LogP contribution in [0.2, 0.25) is 0 Å². The van der Waals surface area contributed by atoms with E-state index in [9.17, 15) is 0 Å². The lowest BCUT2D eigenvalue weighted by atomic mass is 10.2. The first-order valence-corrected chi connectivity index (χ1v) is 6.88. The largest absolute Gasteiger partial charge is 0.384 e. The van der Waals surface area contributed by atoms with E-state index < -0.39 is 0 Å². The highest BCUT2D eigenvalue weighted by atomic mass is 32.1. The summed E-state index contributed by atoms with van der Waals surface area (Å²) in [6, 6.07) is 8.39. The Labute approximate surface area is 112 Å². The number of ether oxygens (including phenoxy) is 1. The maximum absolute atomic E-state index is 5.05. The van der Waals surface area contributed by atoms with Gasteiger partial charge in [-0.3, -0.25) is 0 Å². The van der Waals surface area contributed by atoms with Crippen LogP contribution < -0.4 is 5.32 Å². The Kier molecular flexibility index (Phi) is 4.73. The molecule has 1 heterocycles. The molecule has 0 aliphatic carbocycles. The Hall–Kier alpha value is -1.39. The third-order valence-electron chi connectivity index (χ3n) is 2.64. The first-order chi connectivity index (χ1) is 8.78. The second kappa shape index (κ2) is 6.52. The highest BCUT2D eigenvalue weighted by Gasteiger charge is 2.01. The van der Waals surface area contributed by atoms with Crippen LogP contribution in [-0.4, -0.2) is 18.7 Å². The van der Waals surface area contributed by atoms with E-state index >= 15 is 0 Å². The molecule has 1 aromatic heterocycles. The fraction of sp³-hybridized carbons (Fsp3) is 0.357. The summed E-state index contributed by atoms with van der Waals surface area (Å²) in [5.74, 6) is 0. The number of benzene rings is 1. The summed E-state index contributed by atoms with van der Waals surface area (Å²) >= 11 is 1.70. The molecule has 3 nitrogen and oxygen atoms in total. The van der Waals surface area contributed by atoms with E-state index in [4.69, 9.17) is 4.74 Å². The van der Waals surface area contributed by atoms with Crippen molar-refractivity contribution in [2.24, 2.45) is 0 Å². The summed E-state index contributed by atoms with van der Waals surface area (Å²) in [5.41, 5.74) is 3.50. The first kappa shape index (κ1) is 13.1. The SMILES string of the molecule is COCCc1nc(CNc2ccc(C)cc2)cs1. The molecule has 0 fully saturated rings. The predicted octanol–water partition coefficient (Wildman–Crippen LogP) is 3.25. The number of anilines is 1. The minimum absolute atomic E-state index is 0.734. The Balaban J connectivity index is 1.86. The van der Waals surface area contributed by atoms with Crippen molar-refractivity contribution in [3.63, 3.8) is 0 Å². The normalized spacial score (nSPS) is 10.6. The first-order valence-electron chi connectivity index (χ1n) is 6.00. The highest BCUT2D eigenvalue weighted by molar-refractivity contribution is 7.09. The lowest BCUT2D eigenvalue weighted by Gasteiger charge is -2.04. The van der Waals surface area contributed by atoms with Crippen LogP contribution in [0.15, 0.2) is 29.6 Å². The molecule has 96 valence electrons. The van der Waals surface area contributed by atoms with E-state index in [0.717, 1.165) is 36.0 Å². The Bertz CT molecular complexity index is 479. The number of methoxy groups -OCH3 is 1. The molecule has 1 aromatic carbocycles. The molecule has 0 atom stereocenters. The van der Waals surface area contributed by atoms with Crippen molar-refractivity contribution in [3.05, 3.63) is 45.9 Å². The maximum atomic E-state index is 5.05. The fourth-order valence-corrected chi connectivity index (χ4v) is 2.38. The molecule has 0 saturated heterocycles. The van der Waals surface area contributed by atoms with Crippen molar-refractivity contribution in [1.82, 2.24) is 4.98 Å². The van der Waals surface area contributed by atoms with Gasteiger partial charge in [-0.25, -0.2) is 4.98 Å². The van der Waals surface area contributed by atoms with Crippen LogP contribution in [0.5, 0.6) is 0 Å². The maximum Gasteiger partial charge on any atom is 0.0952 e. The number of rotatable bonds is 6. The van der Waals surface area contributed by atoms with E-state index in [1.165, 1.54) is 5.56 Å². The van der Waals surface area contributed by atoms with Gasteiger partial charge in [0.05, 0.1) is 23.9 Å². The zero-order valence-corrected chi connectivity index (χ0v) is 11.6. The molecular weight excluding hydrogens is 244 g/mol. The topological polar surface area (TPSA) is 34.1 Å². The molecule has 0 aliphatic heterocycles. The molecule has 0 bridgehead atoms.